The third-order valence-corrected chi connectivity index (χ3v) is 5.60. The zero-order valence-electron chi connectivity index (χ0n) is 17.2. The molecule has 30 heavy (non-hydrogen) atoms. The fourth-order valence-electron chi connectivity index (χ4n) is 2.86. The van der Waals surface area contributed by atoms with Crippen LogP contribution in [0.2, 0.25) is 0 Å². The molecule has 1 N–H and O–H groups in total. The maximum Gasteiger partial charge on any atom is 0.255 e. The number of nitrogens with one attached hydrogen (secondary N) is 1. The highest BCUT2D eigenvalue weighted by molar-refractivity contribution is 6.32. The van der Waals surface area contributed by atoms with Crippen LogP contribution in [0, 0.1) is 29.6 Å². The van der Waals surface area contributed by atoms with Crippen molar-refractivity contribution in [2.45, 2.75) is 26.2 Å². The molecule has 3 aromatic heterocycles. The average Bonchev–Trinajstić information content (AvgIpc) is 2.75. The van der Waals surface area contributed by atoms with Gasteiger partial charge in [-0.1, -0.05) is 0 Å². The average molecular weight is 413 g/mol. The molecule has 0 fully saturated rings. The van der Waals surface area contributed by atoms with E-state index in [0.29, 0.717) is 32.8 Å². The monoisotopic (exact) mass is 412 g/mol. The lowest BCUT2D eigenvalue weighted by Crippen LogP contribution is -2.18. The molecule has 0 spiro atoms. The van der Waals surface area contributed by atoms with Crippen LogP contribution in [0.5, 0.6) is 0 Å². The Kier molecular flexibility index (Phi) is 5.72. The number of hydrogen-bond donors (Lipinski definition) is 1. The van der Waals surface area contributed by atoms with E-state index in [1.165, 1.54) is 6.20 Å². The van der Waals surface area contributed by atoms with Gasteiger partial charge in [-0.25, -0.2) is 0 Å². The summed E-state index contributed by atoms with van der Waals surface area (Å²) in [6, 6.07) is 11.2. The molecule has 0 aromatic carbocycles. The molecule has 148 valence electrons. The highest BCUT2D eigenvalue weighted by Crippen LogP contribution is 2.25. The summed E-state index contributed by atoms with van der Waals surface area (Å²) >= 11 is 0. The van der Waals surface area contributed by atoms with Crippen molar-refractivity contribution in [3.8, 4) is 23.3 Å². The summed E-state index contributed by atoms with van der Waals surface area (Å²) in [5.41, 5.74) is 3.53. The molecule has 0 saturated heterocycles. The van der Waals surface area contributed by atoms with Crippen LogP contribution in [0.1, 0.15) is 41.2 Å². The highest BCUT2D eigenvalue weighted by atomic mass is 28.1. The summed E-state index contributed by atoms with van der Waals surface area (Å²) < 4.78 is 0. The van der Waals surface area contributed by atoms with Gasteiger partial charge in [0, 0.05) is 40.1 Å². The van der Waals surface area contributed by atoms with Crippen molar-refractivity contribution in [3.63, 3.8) is 0 Å². The number of rotatable bonds is 4. The molecule has 0 aliphatic carbocycles. The van der Waals surface area contributed by atoms with E-state index in [0.717, 1.165) is 22.1 Å². The third-order valence-electron chi connectivity index (χ3n) is 4.81. The molecule has 7 nitrogen and oxygen atoms in total. The summed E-state index contributed by atoms with van der Waals surface area (Å²) in [7, 11) is 0.690. The number of nitrogens with zero attached hydrogens (tertiary/aromatic N) is 5. The summed E-state index contributed by atoms with van der Waals surface area (Å²) in [5, 5.41) is 22.2. The van der Waals surface area contributed by atoms with Gasteiger partial charge in [-0.3, -0.25) is 19.7 Å². The van der Waals surface area contributed by atoms with E-state index in [9.17, 15) is 15.3 Å². The van der Waals surface area contributed by atoms with Crippen LogP contribution in [0.25, 0.3) is 11.1 Å². The maximum absolute atomic E-state index is 12.8. The Morgan fingerprint density at radius 1 is 1.13 bits per heavy atom. The Morgan fingerprint density at radius 2 is 1.90 bits per heavy atom. The predicted octanol–water partition coefficient (Wildman–Crippen LogP) is 1.76. The summed E-state index contributed by atoms with van der Waals surface area (Å²) in [5.74, 6) is -0.324. The molecular weight excluding hydrogens is 392 g/mol. The quantitative estimate of drug-likeness (QED) is 0.653. The molecule has 3 rings (SSSR count). The van der Waals surface area contributed by atoms with E-state index in [-0.39, 0.29) is 5.91 Å². The van der Waals surface area contributed by atoms with Gasteiger partial charge in [0.1, 0.15) is 6.07 Å². The van der Waals surface area contributed by atoms with Crippen LogP contribution >= 0.6 is 0 Å². The van der Waals surface area contributed by atoms with E-state index in [1.54, 1.807) is 44.4 Å². The molecule has 8 heteroatoms. The lowest BCUT2D eigenvalue weighted by molar-refractivity contribution is 0.102. The molecule has 0 unspecified atom stereocenters. The second-order valence-corrected chi connectivity index (χ2v) is 8.39. The molecule has 0 radical (unpaired) electrons. The Labute approximate surface area is 177 Å². The second-order valence-electron chi connectivity index (χ2n) is 7.45. The second kappa shape index (κ2) is 8.24. The van der Waals surface area contributed by atoms with Crippen molar-refractivity contribution in [2.24, 2.45) is 0 Å². The first-order valence-electron chi connectivity index (χ1n) is 9.28. The number of nitriles is 2. The first-order valence-corrected chi connectivity index (χ1v) is 10.3. The van der Waals surface area contributed by atoms with Crippen molar-refractivity contribution in [1.82, 2.24) is 15.0 Å². The van der Waals surface area contributed by atoms with E-state index >= 15 is 0 Å². The maximum atomic E-state index is 12.8. The number of pyridine rings is 3. The Bertz CT molecular complexity index is 1220. The number of amides is 1. The van der Waals surface area contributed by atoms with Gasteiger partial charge < -0.3 is 5.32 Å². The smallest absolute Gasteiger partial charge is 0.255 e. The lowest BCUT2D eigenvalue weighted by atomic mass is 9.90. The third kappa shape index (κ3) is 4.24. The van der Waals surface area contributed by atoms with Gasteiger partial charge in [-0.05, 0) is 45.0 Å². The first-order chi connectivity index (χ1) is 14.2. The lowest BCUT2D eigenvalue weighted by Gasteiger charge is -2.15. The number of aromatic nitrogens is 3. The van der Waals surface area contributed by atoms with Gasteiger partial charge in [0.2, 0.25) is 0 Å². The molecular formula is C22H20N6OSi. The normalized spacial score (nSPS) is 10.8. The van der Waals surface area contributed by atoms with Crippen molar-refractivity contribution in [1.29, 1.82) is 10.5 Å². The van der Waals surface area contributed by atoms with Gasteiger partial charge >= 0.3 is 0 Å². The van der Waals surface area contributed by atoms with Crippen molar-refractivity contribution in [3.05, 3.63) is 65.4 Å². The molecule has 0 aliphatic rings. The van der Waals surface area contributed by atoms with Crippen LogP contribution in [0.15, 0.2) is 42.9 Å². The molecule has 0 bridgehead atoms. The summed E-state index contributed by atoms with van der Waals surface area (Å²) in [4.78, 5) is 25.7. The van der Waals surface area contributed by atoms with Crippen LogP contribution < -0.4 is 10.6 Å². The minimum Gasteiger partial charge on any atom is -0.321 e. The van der Waals surface area contributed by atoms with Crippen LogP contribution in [0.3, 0.4) is 0 Å². The number of carbonyl (C=O) groups excluding carboxylic acids is 1. The molecule has 0 atom stereocenters. The first kappa shape index (κ1) is 20.8. The summed E-state index contributed by atoms with van der Waals surface area (Å²) in [6.45, 7) is 5.36. The fourth-order valence-corrected chi connectivity index (χ4v) is 3.25. The largest absolute Gasteiger partial charge is 0.321 e. The minimum absolute atomic E-state index is 0.324. The SMILES string of the molecule is Cc1ncc(NC(=O)c2ccnc(C(C)(C)C#N)c2)cc1-c1cnc([SiH3])c(C#N)c1. The van der Waals surface area contributed by atoms with Gasteiger partial charge in [-0.2, -0.15) is 10.5 Å². The standard InChI is InChI=1S/C22H20N6OSi/c1-13-18(16-6-15(9-23)21(30)27-10-16)8-17(11-26-13)28-20(29)14-4-5-25-19(7-14)22(2,3)12-24/h4-8,10-11H,1-3,30H3,(H,28,29). The van der Waals surface area contributed by atoms with Crippen molar-refractivity contribution >= 4 is 27.2 Å². The van der Waals surface area contributed by atoms with Crippen LogP contribution in [0.4, 0.5) is 5.69 Å². The topological polar surface area (TPSA) is 115 Å². The minimum atomic E-state index is -0.797. The number of aryl methyl sites for hydroxylation is 1. The molecule has 0 aliphatic heterocycles. The van der Waals surface area contributed by atoms with E-state index in [2.05, 4.69) is 32.4 Å². The number of carbonyl (C=O) groups is 1. The van der Waals surface area contributed by atoms with Crippen LogP contribution in [-0.4, -0.2) is 31.1 Å². The van der Waals surface area contributed by atoms with Crippen molar-refractivity contribution < 1.29 is 4.79 Å². The highest BCUT2D eigenvalue weighted by Gasteiger charge is 2.22. The van der Waals surface area contributed by atoms with Gasteiger partial charge in [0.25, 0.3) is 5.91 Å². The molecule has 1 amide bonds. The van der Waals surface area contributed by atoms with E-state index in [4.69, 9.17) is 0 Å². The summed E-state index contributed by atoms with van der Waals surface area (Å²) in [6.07, 6.45) is 4.82. The van der Waals surface area contributed by atoms with Gasteiger partial charge in [0.15, 0.2) is 0 Å². The fraction of sp³-hybridized carbons (Fsp3) is 0.182. The Balaban J connectivity index is 1.91. The number of hydrogen-bond acceptors (Lipinski definition) is 6. The van der Waals surface area contributed by atoms with Gasteiger partial charge in [0.05, 0.1) is 44.9 Å². The van der Waals surface area contributed by atoms with E-state index < -0.39 is 5.41 Å². The van der Waals surface area contributed by atoms with Gasteiger partial charge in [-0.15, -0.1) is 0 Å². The Morgan fingerprint density at radius 3 is 2.60 bits per heavy atom. The van der Waals surface area contributed by atoms with E-state index in [1.807, 2.05) is 13.0 Å². The number of anilines is 1. The molecule has 3 heterocycles. The molecule has 3 aromatic rings. The molecule has 0 saturated carbocycles. The Hall–Kier alpha value is -3.88. The predicted molar refractivity (Wildman–Crippen MR) is 117 cm³/mol. The zero-order valence-corrected chi connectivity index (χ0v) is 19.2. The van der Waals surface area contributed by atoms with Crippen molar-refractivity contribution in [2.75, 3.05) is 5.32 Å². The van der Waals surface area contributed by atoms with Crippen LogP contribution in [-0.2, 0) is 5.41 Å². The zero-order chi connectivity index (χ0) is 21.9.